The van der Waals surface area contributed by atoms with Crippen LogP contribution in [0.15, 0.2) is 41.0 Å². The van der Waals surface area contributed by atoms with Crippen LogP contribution < -0.4 is 4.74 Å². The molecular formula is C25H36N2O7S. The molecule has 194 valence electrons. The smallest absolute Gasteiger partial charge is 0.288 e. The van der Waals surface area contributed by atoms with Crippen molar-refractivity contribution in [3.05, 3.63) is 36.1 Å². The van der Waals surface area contributed by atoms with Crippen LogP contribution in [0.2, 0.25) is 0 Å². The van der Waals surface area contributed by atoms with Crippen LogP contribution in [-0.4, -0.2) is 81.4 Å². The van der Waals surface area contributed by atoms with Crippen molar-refractivity contribution in [2.24, 2.45) is 11.8 Å². The largest absolute Gasteiger partial charge is 0.497 e. The van der Waals surface area contributed by atoms with Crippen molar-refractivity contribution in [3.63, 3.8) is 0 Å². The van der Waals surface area contributed by atoms with Gasteiger partial charge in [0.2, 0.25) is 16.3 Å². The van der Waals surface area contributed by atoms with Crippen LogP contribution in [0, 0.1) is 11.8 Å². The van der Waals surface area contributed by atoms with Gasteiger partial charge in [-0.3, -0.25) is 4.79 Å². The normalized spacial score (nSPS) is 23.1. The van der Waals surface area contributed by atoms with E-state index in [1.165, 1.54) is 30.0 Å². The molecule has 4 rings (SSSR count). The van der Waals surface area contributed by atoms with Gasteiger partial charge < -0.3 is 24.2 Å². The van der Waals surface area contributed by atoms with Crippen molar-refractivity contribution in [2.45, 2.75) is 49.7 Å². The number of benzene rings is 1. The molecule has 0 spiro atoms. The summed E-state index contributed by atoms with van der Waals surface area (Å²) in [5.74, 6) is 1.60. The number of aliphatic hydroxyl groups excluding tert-OH is 1. The van der Waals surface area contributed by atoms with Crippen LogP contribution in [-0.2, 0) is 24.3 Å². The molecule has 2 aliphatic heterocycles. The minimum absolute atomic E-state index is 0.0491. The number of hydrogen-bond donors (Lipinski definition) is 1. The average molecular weight is 509 g/mol. The maximum Gasteiger partial charge on any atom is 0.288 e. The second-order valence-corrected chi connectivity index (χ2v) is 11.3. The molecule has 1 saturated heterocycles. The monoisotopic (exact) mass is 508 g/mol. The van der Waals surface area contributed by atoms with E-state index in [-0.39, 0.29) is 43.0 Å². The highest BCUT2D eigenvalue weighted by molar-refractivity contribution is 7.89. The number of carbonyl (C=O) groups excluding carboxylic acids is 1. The summed E-state index contributed by atoms with van der Waals surface area (Å²) < 4.78 is 44.5. The third-order valence-corrected chi connectivity index (χ3v) is 9.05. The molecule has 35 heavy (non-hydrogen) atoms. The van der Waals surface area contributed by atoms with E-state index >= 15 is 0 Å². The van der Waals surface area contributed by atoms with E-state index in [1.807, 2.05) is 11.0 Å². The lowest BCUT2D eigenvalue weighted by molar-refractivity contribution is -0.157. The Bertz CT molecular complexity index is 986. The Kier molecular flexibility index (Phi) is 8.69. The third-order valence-electron chi connectivity index (χ3n) is 7.14. The van der Waals surface area contributed by atoms with E-state index < -0.39 is 16.3 Å². The molecule has 0 bridgehead atoms. The lowest BCUT2D eigenvalue weighted by Crippen LogP contribution is -2.39. The maximum atomic E-state index is 13.1. The minimum Gasteiger partial charge on any atom is -0.497 e. The Morgan fingerprint density at radius 3 is 2.46 bits per heavy atom. The number of allylic oxidation sites excluding steroid dienone is 1. The SMILES string of the molecule is COc1ccc(S(=O)(=O)N(CCO)CCO[C@@H]2C[C@H](C3CCC3)C=C(C(=O)N3CCCC3)O2)cc1. The summed E-state index contributed by atoms with van der Waals surface area (Å²) in [5, 5.41) is 9.46. The predicted octanol–water partition coefficient (Wildman–Crippen LogP) is 2.36. The van der Waals surface area contributed by atoms with Gasteiger partial charge in [0.1, 0.15) is 5.75 Å². The highest BCUT2D eigenvalue weighted by Crippen LogP contribution is 2.40. The summed E-state index contributed by atoms with van der Waals surface area (Å²) in [5.41, 5.74) is 0. The summed E-state index contributed by atoms with van der Waals surface area (Å²) in [6.07, 6.45) is 7.53. The number of ether oxygens (including phenoxy) is 3. The Morgan fingerprint density at radius 2 is 1.86 bits per heavy atom. The molecule has 1 saturated carbocycles. The van der Waals surface area contributed by atoms with E-state index in [9.17, 15) is 18.3 Å². The quantitative estimate of drug-likeness (QED) is 0.489. The van der Waals surface area contributed by atoms with Crippen LogP contribution in [0.5, 0.6) is 5.75 Å². The van der Waals surface area contributed by atoms with Gasteiger partial charge in [0.25, 0.3) is 5.91 Å². The number of sulfonamides is 1. The zero-order valence-corrected chi connectivity index (χ0v) is 21.1. The first kappa shape index (κ1) is 25.9. The summed E-state index contributed by atoms with van der Waals surface area (Å²) in [6, 6.07) is 6.13. The summed E-state index contributed by atoms with van der Waals surface area (Å²) in [4.78, 5) is 14.9. The van der Waals surface area contributed by atoms with Gasteiger partial charge in [-0.25, -0.2) is 8.42 Å². The molecule has 1 aromatic rings. The number of carbonyl (C=O) groups is 1. The minimum atomic E-state index is -3.82. The summed E-state index contributed by atoms with van der Waals surface area (Å²) in [6.45, 7) is 1.28. The van der Waals surface area contributed by atoms with E-state index in [0.29, 0.717) is 23.8 Å². The van der Waals surface area contributed by atoms with Crippen molar-refractivity contribution in [1.82, 2.24) is 9.21 Å². The fraction of sp³-hybridized carbons (Fsp3) is 0.640. The number of methoxy groups -OCH3 is 1. The number of amides is 1. The van der Waals surface area contributed by atoms with Gasteiger partial charge in [0.05, 0.1) is 25.2 Å². The molecule has 10 heteroatoms. The van der Waals surface area contributed by atoms with Crippen LogP contribution >= 0.6 is 0 Å². The van der Waals surface area contributed by atoms with Crippen LogP contribution in [0.3, 0.4) is 0 Å². The molecule has 1 aliphatic carbocycles. The second-order valence-electron chi connectivity index (χ2n) is 9.34. The zero-order chi connectivity index (χ0) is 24.8. The molecule has 2 atom stereocenters. The van der Waals surface area contributed by atoms with Crippen molar-refractivity contribution >= 4 is 15.9 Å². The van der Waals surface area contributed by atoms with E-state index in [0.717, 1.165) is 38.8 Å². The van der Waals surface area contributed by atoms with Gasteiger partial charge in [-0.1, -0.05) is 6.42 Å². The Hall–Kier alpha value is -2.14. The molecule has 0 unspecified atom stereocenters. The molecule has 9 nitrogen and oxygen atoms in total. The van der Waals surface area contributed by atoms with Gasteiger partial charge >= 0.3 is 0 Å². The molecule has 1 N–H and O–H groups in total. The Morgan fingerprint density at radius 1 is 1.14 bits per heavy atom. The highest BCUT2D eigenvalue weighted by atomic mass is 32.2. The first-order valence-corrected chi connectivity index (χ1v) is 13.9. The summed E-state index contributed by atoms with van der Waals surface area (Å²) >= 11 is 0. The van der Waals surface area contributed by atoms with Gasteiger partial charge in [0, 0.05) is 32.6 Å². The number of nitrogens with zero attached hydrogens (tertiary/aromatic N) is 2. The van der Waals surface area contributed by atoms with Crippen molar-refractivity contribution in [2.75, 3.05) is 46.5 Å². The first-order chi connectivity index (χ1) is 16.9. The lowest BCUT2D eigenvalue weighted by atomic mass is 9.73. The van der Waals surface area contributed by atoms with E-state index in [2.05, 4.69) is 0 Å². The second kappa shape index (κ2) is 11.7. The van der Waals surface area contributed by atoms with E-state index in [1.54, 1.807) is 12.1 Å². The topological polar surface area (TPSA) is 106 Å². The standard InChI is InChI=1S/C25H36N2O7S/c1-32-21-7-9-22(10-8-21)35(30,31)27(13-15-28)14-16-33-24-18-20(19-5-4-6-19)17-23(34-24)25(29)26-11-2-3-12-26/h7-10,17,19-20,24,28H,2-6,11-16,18H2,1H3/t20-,24+/m1/s1. The van der Waals surface area contributed by atoms with Gasteiger partial charge in [0.15, 0.2) is 5.76 Å². The molecule has 1 aromatic carbocycles. The Labute approximate surface area is 207 Å². The van der Waals surface area contributed by atoms with Crippen molar-refractivity contribution < 1.29 is 32.5 Å². The average Bonchev–Trinajstić information content (AvgIpc) is 3.37. The summed E-state index contributed by atoms with van der Waals surface area (Å²) in [7, 11) is -2.31. The van der Waals surface area contributed by atoms with E-state index in [4.69, 9.17) is 14.2 Å². The number of hydrogen-bond acceptors (Lipinski definition) is 7. The van der Waals surface area contributed by atoms with Crippen LogP contribution in [0.25, 0.3) is 0 Å². The third kappa shape index (κ3) is 6.17. The number of aliphatic hydroxyl groups is 1. The van der Waals surface area contributed by atoms with Crippen molar-refractivity contribution in [3.8, 4) is 5.75 Å². The fourth-order valence-electron chi connectivity index (χ4n) is 4.86. The number of likely N-dealkylation sites (tertiary alicyclic amines) is 1. The molecular weight excluding hydrogens is 472 g/mol. The van der Waals surface area contributed by atoms with Crippen molar-refractivity contribution in [1.29, 1.82) is 0 Å². The lowest BCUT2D eigenvalue weighted by Gasteiger charge is -2.38. The van der Waals surface area contributed by atoms with Gasteiger partial charge in [-0.15, -0.1) is 0 Å². The van der Waals surface area contributed by atoms with Crippen LogP contribution in [0.1, 0.15) is 38.5 Å². The van der Waals surface area contributed by atoms with Gasteiger partial charge in [-0.2, -0.15) is 4.31 Å². The maximum absolute atomic E-state index is 13.1. The highest BCUT2D eigenvalue weighted by Gasteiger charge is 2.36. The van der Waals surface area contributed by atoms with Crippen LogP contribution in [0.4, 0.5) is 0 Å². The molecule has 1 amide bonds. The fourth-order valence-corrected chi connectivity index (χ4v) is 6.27. The predicted molar refractivity (Wildman–Crippen MR) is 129 cm³/mol. The molecule has 3 aliphatic rings. The zero-order valence-electron chi connectivity index (χ0n) is 20.3. The molecule has 2 heterocycles. The van der Waals surface area contributed by atoms with Gasteiger partial charge in [-0.05, 0) is 67.9 Å². The molecule has 0 radical (unpaired) electrons. The number of rotatable bonds is 11. The molecule has 2 fully saturated rings. The Balaban J connectivity index is 1.39. The first-order valence-electron chi connectivity index (χ1n) is 12.5. The molecule has 0 aromatic heterocycles.